The first kappa shape index (κ1) is 13.6. The van der Waals surface area contributed by atoms with Gasteiger partial charge in [-0.1, -0.05) is 5.11 Å². The number of azide groups is 1. The van der Waals surface area contributed by atoms with Crippen LogP contribution in [0.25, 0.3) is 10.4 Å². The van der Waals surface area contributed by atoms with Gasteiger partial charge in [0.1, 0.15) is 5.60 Å². The van der Waals surface area contributed by atoms with Crippen molar-refractivity contribution in [3.05, 3.63) is 10.4 Å². The fourth-order valence-corrected chi connectivity index (χ4v) is 1.61. The summed E-state index contributed by atoms with van der Waals surface area (Å²) in [5.41, 5.74) is 7.75. The number of likely N-dealkylation sites (tertiary alicyclic amines) is 1. The lowest BCUT2D eigenvalue weighted by Gasteiger charge is -2.34. The first-order chi connectivity index (χ1) is 7.83. The molecule has 1 unspecified atom stereocenters. The van der Waals surface area contributed by atoms with Gasteiger partial charge in [-0.05, 0) is 32.7 Å². The van der Waals surface area contributed by atoms with Gasteiger partial charge in [0, 0.05) is 11.5 Å². The van der Waals surface area contributed by atoms with E-state index in [2.05, 4.69) is 10.0 Å². The normalized spacial score (nSPS) is 25.1. The van der Waals surface area contributed by atoms with Gasteiger partial charge < -0.3 is 14.7 Å². The lowest BCUT2D eigenvalue weighted by molar-refractivity contribution is -0.000571. The molecule has 7 nitrogen and oxygen atoms in total. The van der Waals surface area contributed by atoms with Crippen molar-refractivity contribution in [1.82, 2.24) is 4.90 Å². The van der Waals surface area contributed by atoms with Crippen LogP contribution < -0.4 is 0 Å². The van der Waals surface area contributed by atoms with Gasteiger partial charge in [-0.15, -0.1) is 0 Å². The summed E-state index contributed by atoms with van der Waals surface area (Å²) in [7, 11) is 0. The standard InChI is InChI=1S/C10H18N4O3/c1-10(2,3)17-9(16)14-5-4-7(12-13-11)8(15)6-14/h7-8,15H,4-6H2,1-3H3/t7?,8-/m0/s1. The number of ether oxygens (including phenoxy) is 1. The molecule has 2 atom stereocenters. The number of nitrogens with zero attached hydrogens (tertiary/aromatic N) is 4. The highest BCUT2D eigenvalue weighted by Gasteiger charge is 2.31. The van der Waals surface area contributed by atoms with E-state index >= 15 is 0 Å². The molecule has 1 amide bonds. The van der Waals surface area contributed by atoms with Crippen LogP contribution >= 0.6 is 0 Å². The number of aliphatic hydroxyl groups excluding tert-OH is 1. The maximum atomic E-state index is 11.7. The molecule has 1 heterocycles. The first-order valence-corrected chi connectivity index (χ1v) is 5.53. The summed E-state index contributed by atoms with van der Waals surface area (Å²) < 4.78 is 5.19. The molecule has 0 bridgehead atoms. The molecule has 1 aliphatic heterocycles. The summed E-state index contributed by atoms with van der Waals surface area (Å²) in [5.74, 6) is 0. The lowest BCUT2D eigenvalue weighted by Crippen LogP contribution is -2.49. The summed E-state index contributed by atoms with van der Waals surface area (Å²) in [6, 6.07) is -0.460. The molecule has 0 spiro atoms. The average Bonchev–Trinajstić information content (AvgIpc) is 2.18. The van der Waals surface area contributed by atoms with Crippen molar-refractivity contribution in [2.75, 3.05) is 13.1 Å². The molecular formula is C10H18N4O3. The number of carbonyl (C=O) groups excluding carboxylic acids is 1. The molecule has 0 aromatic heterocycles. The van der Waals surface area contributed by atoms with Gasteiger partial charge in [-0.25, -0.2) is 4.79 Å². The fourth-order valence-electron chi connectivity index (χ4n) is 1.61. The van der Waals surface area contributed by atoms with E-state index in [0.717, 1.165) is 0 Å². The topological polar surface area (TPSA) is 98.5 Å². The highest BCUT2D eigenvalue weighted by Crippen LogP contribution is 2.17. The third-order valence-corrected chi connectivity index (χ3v) is 2.40. The molecule has 17 heavy (non-hydrogen) atoms. The Morgan fingerprint density at radius 3 is 2.71 bits per heavy atom. The quantitative estimate of drug-likeness (QED) is 0.430. The van der Waals surface area contributed by atoms with Gasteiger partial charge in [0.25, 0.3) is 0 Å². The van der Waals surface area contributed by atoms with Crippen LogP contribution in [0.15, 0.2) is 5.11 Å². The van der Waals surface area contributed by atoms with E-state index in [1.165, 1.54) is 4.90 Å². The van der Waals surface area contributed by atoms with Crippen LogP contribution in [0.4, 0.5) is 4.79 Å². The van der Waals surface area contributed by atoms with Crippen LogP contribution in [0.1, 0.15) is 27.2 Å². The Labute approximate surface area is 100.0 Å². The number of hydrogen-bond donors (Lipinski definition) is 1. The Bertz CT molecular complexity index is 333. The van der Waals surface area contributed by atoms with E-state index in [1.54, 1.807) is 20.8 Å². The molecule has 1 N–H and O–H groups in total. The summed E-state index contributed by atoms with van der Waals surface area (Å²) in [6.07, 6.45) is -0.826. The molecule has 0 saturated carbocycles. The van der Waals surface area contributed by atoms with E-state index in [1.807, 2.05) is 0 Å². The van der Waals surface area contributed by atoms with E-state index in [4.69, 9.17) is 10.3 Å². The second-order valence-electron chi connectivity index (χ2n) is 5.05. The second kappa shape index (κ2) is 5.25. The van der Waals surface area contributed by atoms with Crippen LogP contribution in [0, 0.1) is 0 Å². The largest absolute Gasteiger partial charge is 0.444 e. The molecule has 0 aromatic carbocycles. The third kappa shape index (κ3) is 4.13. The Hall–Kier alpha value is -1.46. The number of amides is 1. The molecule has 96 valence electrons. The number of aliphatic hydroxyl groups is 1. The van der Waals surface area contributed by atoms with Crippen LogP contribution in [0.2, 0.25) is 0 Å². The van der Waals surface area contributed by atoms with Gasteiger partial charge in [0.05, 0.1) is 18.7 Å². The minimum absolute atomic E-state index is 0.137. The van der Waals surface area contributed by atoms with Gasteiger partial charge >= 0.3 is 6.09 Å². The lowest BCUT2D eigenvalue weighted by atomic mass is 10.0. The molecule has 1 rings (SSSR count). The fraction of sp³-hybridized carbons (Fsp3) is 0.900. The maximum absolute atomic E-state index is 11.7. The number of carbonyl (C=O) groups is 1. The minimum Gasteiger partial charge on any atom is -0.444 e. The zero-order chi connectivity index (χ0) is 13.1. The zero-order valence-corrected chi connectivity index (χ0v) is 10.3. The smallest absolute Gasteiger partial charge is 0.410 e. The molecule has 1 fully saturated rings. The summed E-state index contributed by atoms with van der Waals surface area (Å²) >= 11 is 0. The van der Waals surface area contributed by atoms with Crippen molar-refractivity contribution in [2.45, 2.75) is 44.9 Å². The third-order valence-electron chi connectivity index (χ3n) is 2.40. The number of hydrogen-bond acceptors (Lipinski definition) is 4. The molecule has 0 radical (unpaired) electrons. The van der Waals surface area contributed by atoms with Crippen molar-refractivity contribution in [1.29, 1.82) is 0 Å². The van der Waals surface area contributed by atoms with Crippen molar-refractivity contribution in [3.8, 4) is 0 Å². The minimum atomic E-state index is -0.827. The molecule has 1 saturated heterocycles. The molecular weight excluding hydrogens is 224 g/mol. The summed E-state index contributed by atoms with van der Waals surface area (Å²) in [6.45, 7) is 5.92. The number of rotatable bonds is 1. The predicted molar refractivity (Wildman–Crippen MR) is 61.4 cm³/mol. The average molecular weight is 242 g/mol. The molecule has 0 aromatic rings. The summed E-state index contributed by atoms with van der Waals surface area (Å²) in [5, 5.41) is 13.2. The molecule has 0 aliphatic carbocycles. The van der Waals surface area contributed by atoms with Crippen LogP contribution in [-0.4, -0.2) is 46.9 Å². The van der Waals surface area contributed by atoms with Crippen molar-refractivity contribution in [2.24, 2.45) is 5.11 Å². The first-order valence-electron chi connectivity index (χ1n) is 5.53. The van der Waals surface area contributed by atoms with Crippen molar-refractivity contribution >= 4 is 6.09 Å². The van der Waals surface area contributed by atoms with E-state index < -0.39 is 23.8 Å². The van der Waals surface area contributed by atoms with Crippen molar-refractivity contribution in [3.63, 3.8) is 0 Å². The monoisotopic (exact) mass is 242 g/mol. The molecule has 7 heteroatoms. The van der Waals surface area contributed by atoms with Gasteiger partial charge in [-0.3, -0.25) is 0 Å². The van der Waals surface area contributed by atoms with Gasteiger partial charge in [0.15, 0.2) is 0 Å². The van der Waals surface area contributed by atoms with E-state index in [0.29, 0.717) is 13.0 Å². The highest BCUT2D eigenvalue weighted by molar-refractivity contribution is 5.68. The van der Waals surface area contributed by atoms with Crippen LogP contribution in [0.3, 0.4) is 0 Å². The SMILES string of the molecule is CC(C)(C)OC(=O)N1CCC(N=[N+]=[N-])[C@@H](O)C1. The van der Waals surface area contributed by atoms with Crippen molar-refractivity contribution < 1.29 is 14.6 Å². The Morgan fingerprint density at radius 2 is 2.24 bits per heavy atom. The predicted octanol–water partition coefficient (Wildman–Crippen LogP) is 1.67. The number of β-amino-alcohol motifs (C(OH)–C–C–N with tert-alkyl or cyclic N) is 1. The Balaban J connectivity index is 2.55. The van der Waals surface area contributed by atoms with Crippen LogP contribution in [-0.2, 0) is 4.74 Å². The Kier molecular flexibility index (Phi) is 4.20. The number of piperidine rings is 1. The van der Waals surface area contributed by atoms with Gasteiger partial charge in [-0.2, -0.15) is 0 Å². The summed E-state index contributed by atoms with van der Waals surface area (Å²) in [4.78, 5) is 15.8. The zero-order valence-electron chi connectivity index (χ0n) is 10.3. The van der Waals surface area contributed by atoms with Crippen LogP contribution in [0.5, 0.6) is 0 Å². The van der Waals surface area contributed by atoms with E-state index in [-0.39, 0.29) is 6.54 Å². The molecule has 1 aliphatic rings. The van der Waals surface area contributed by atoms with Gasteiger partial charge in [0.2, 0.25) is 0 Å². The second-order valence-corrected chi connectivity index (χ2v) is 5.05. The highest BCUT2D eigenvalue weighted by atomic mass is 16.6. The van der Waals surface area contributed by atoms with E-state index in [9.17, 15) is 9.90 Å². The Morgan fingerprint density at radius 1 is 1.59 bits per heavy atom. The maximum Gasteiger partial charge on any atom is 0.410 e.